The Morgan fingerprint density at radius 1 is 1.12 bits per heavy atom. The van der Waals surface area contributed by atoms with E-state index in [0.717, 1.165) is 11.6 Å². The number of hydrogen-bond donors (Lipinski definition) is 3. The largest absolute Gasteiger partial charge is 0.505 e. The molecule has 0 radical (unpaired) electrons. The van der Waals surface area contributed by atoms with Crippen molar-refractivity contribution in [1.82, 2.24) is 19.9 Å². The number of amides is 1. The summed E-state index contributed by atoms with van der Waals surface area (Å²) in [6.07, 6.45) is 2.36. The lowest BCUT2D eigenvalue weighted by Gasteiger charge is -2.14. The van der Waals surface area contributed by atoms with Gasteiger partial charge in [-0.2, -0.15) is 4.39 Å². The van der Waals surface area contributed by atoms with Gasteiger partial charge in [0.05, 0.1) is 24.0 Å². The molecular weight excluding hydrogens is 443 g/mol. The predicted molar refractivity (Wildman–Crippen MR) is 121 cm³/mol. The zero-order valence-electron chi connectivity index (χ0n) is 17.7. The van der Waals surface area contributed by atoms with Gasteiger partial charge in [-0.1, -0.05) is 30.3 Å². The second-order valence-corrected chi connectivity index (χ2v) is 7.45. The summed E-state index contributed by atoms with van der Waals surface area (Å²) in [7, 11) is 0. The highest BCUT2D eigenvalue weighted by atomic mass is 19.1. The zero-order valence-corrected chi connectivity index (χ0v) is 17.7. The molecule has 3 aromatic heterocycles. The first-order valence-corrected chi connectivity index (χ1v) is 10.3. The van der Waals surface area contributed by atoms with Crippen molar-refractivity contribution in [2.24, 2.45) is 0 Å². The molecule has 0 saturated heterocycles. The van der Waals surface area contributed by atoms with Crippen LogP contribution in [0.5, 0.6) is 5.75 Å². The Morgan fingerprint density at radius 2 is 1.88 bits per heavy atom. The molecule has 0 atom stereocenters. The number of carbonyl (C=O) groups is 2. The average molecular weight is 462 g/mol. The molecule has 3 N–H and O–H groups in total. The lowest BCUT2D eigenvalue weighted by molar-refractivity contribution is -0.136. The van der Waals surface area contributed by atoms with Gasteiger partial charge in [-0.3, -0.25) is 14.4 Å². The van der Waals surface area contributed by atoms with Gasteiger partial charge in [0.15, 0.2) is 11.4 Å². The van der Waals surface area contributed by atoms with E-state index in [0.29, 0.717) is 0 Å². The number of hydrogen-bond acceptors (Lipinski definition) is 6. The summed E-state index contributed by atoms with van der Waals surface area (Å²) < 4.78 is 15.3. The number of benzene rings is 1. The molecule has 0 aliphatic rings. The monoisotopic (exact) mass is 462 g/mol. The van der Waals surface area contributed by atoms with Crippen LogP contribution in [0, 0.1) is 5.95 Å². The van der Waals surface area contributed by atoms with Gasteiger partial charge in [-0.15, -0.1) is 0 Å². The molecule has 0 bridgehead atoms. The van der Waals surface area contributed by atoms with Gasteiger partial charge in [0.25, 0.3) is 11.5 Å². The molecule has 34 heavy (non-hydrogen) atoms. The molecular formula is C24H19FN4O5. The van der Waals surface area contributed by atoms with E-state index in [9.17, 15) is 23.9 Å². The van der Waals surface area contributed by atoms with Crippen LogP contribution >= 0.6 is 0 Å². The Labute approximate surface area is 192 Å². The third kappa shape index (κ3) is 4.60. The zero-order chi connectivity index (χ0) is 24.2. The predicted octanol–water partition coefficient (Wildman–Crippen LogP) is 2.56. The molecule has 0 fully saturated rings. The summed E-state index contributed by atoms with van der Waals surface area (Å²) in [6, 6.07) is 13.2. The molecule has 172 valence electrons. The Morgan fingerprint density at radius 3 is 2.59 bits per heavy atom. The molecule has 10 heteroatoms. The van der Waals surface area contributed by atoms with Crippen LogP contribution in [0.4, 0.5) is 4.39 Å². The van der Waals surface area contributed by atoms with Crippen molar-refractivity contribution in [3.05, 3.63) is 88.5 Å². The first kappa shape index (κ1) is 22.6. The van der Waals surface area contributed by atoms with Gasteiger partial charge in [0.2, 0.25) is 5.95 Å². The maximum absolute atomic E-state index is 13.9. The summed E-state index contributed by atoms with van der Waals surface area (Å²) in [5, 5.41) is 22.0. The second-order valence-electron chi connectivity index (χ2n) is 7.45. The van der Waals surface area contributed by atoms with Crippen molar-refractivity contribution >= 4 is 22.6 Å². The van der Waals surface area contributed by atoms with Crippen LogP contribution in [0.25, 0.3) is 22.0 Å². The molecule has 0 aliphatic heterocycles. The number of aliphatic carboxylic acids is 1. The average Bonchev–Trinajstić information content (AvgIpc) is 2.81. The molecule has 4 rings (SSSR count). The Bertz CT molecular complexity index is 1450. The molecule has 0 unspecified atom stereocenters. The number of rotatable bonds is 7. The second kappa shape index (κ2) is 9.49. The Hall–Kier alpha value is -4.60. The minimum Gasteiger partial charge on any atom is -0.505 e. The van der Waals surface area contributed by atoms with E-state index in [4.69, 9.17) is 5.11 Å². The van der Waals surface area contributed by atoms with Crippen molar-refractivity contribution in [2.75, 3.05) is 6.54 Å². The topological polar surface area (TPSA) is 134 Å². The van der Waals surface area contributed by atoms with Gasteiger partial charge in [-0.05, 0) is 17.7 Å². The molecule has 0 aliphatic carbocycles. The van der Waals surface area contributed by atoms with Crippen LogP contribution in [0.3, 0.4) is 0 Å². The fourth-order valence-corrected chi connectivity index (χ4v) is 3.54. The lowest BCUT2D eigenvalue weighted by atomic mass is 10.0. The molecule has 3 heterocycles. The number of fused-ring (bicyclic) bond motifs is 1. The standard InChI is InChI=1S/C24H19FN4O5/c25-17-12-15(6-9-26-17)20-19-16(22(32)21(28-20)23(33)27-10-7-18(30)31)8-11-29(24(19)34)13-14-4-2-1-3-5-14/h1-6,8-9,11-12,32H,7,10,13H2,(H,27,33)(H,30,31). The number of carboxylic acid groups (broad SMARTS) is 1. The van der Waals surface area contributed by atoms with E-state index in [-0.39, 0.29) is 41.5 Å². The van der Waals surface area contributed by atoms with Crippen LogP contribution in [-0.4, -0.2) is 43.2 Å². The third-order valence-corrected chi connectivity index (χ3v) is 5.14. The van der Waals surface area contributed by atoms with Crippen LogP contribution in [0.1, 0.15) is 22.5 Å². The van der Waals surface area contributed by atoms with Crippen LogP contribution in [0.15, 0.2) is 65.7 Å². The van der Waals surface area contributed by atoms with Gasteiger partial charge < -0.3 is 20.1 Å². The van der Waals surface area contributed by atoms with Crippen LogP contribution < -0.4 is 10.9 Å². The fourth-order valence-electron chi connectivity index (χ4n) is 3.54. The molecule has 0 spiro atoms. The SMILES string of the molecule is O=C(O)CCNC(=O)c1nc(-c2ccnc(F)c2)c2c(=O)n(Cc3ccccc3)ccc2c1O. The number of aromatic hydroxyl groups is 1. The summed E-state index contributed by atoms with van der Waals surface area (Å²) >= 11 is 0. The third-order valence-electron chi connectivity index (χ3n) is 5.14. The van der Waals surface area contributed by atoms with Gasteiger partial charge >= 0.3 is 5.97 Å². The summed E-state index contributed by atoms with van der Waals surface area (Å²) in [5.74, 6) is -3.29. The highest BCUT2D eigenvalue weighted by Crippen LogP contribution is 2.33. The maximum atomic E-state index is 13.9. The van der Waals surface area contributed by atoms with E-state index in [2.05, 4.69) is 15.3 Å². The number of carboxylic acids is 1. The summed E-state index contributed by atoms with van der Waals surface area (Å²) in [4.78, 5) is 44.5. The first-order valence-electron chi connectivity index (χ1n) is 10.3. The Kier molecular flexibility index (Phi) is 6.30. The molecule has 4 aromatic rings. The van der Waals surface area contributed by atoms with E-state index in [1.807, 2.05) is 30.3 Å². The van der Waals surface area contributed by atoms with Gasteiger partial charge in [0.1, 0.15) is 0 Å². The molecule has 1 aromatic carbocycles. The number of nitrogens with one attached hydrogen (secondary N) is 1. The van der Waals surface area contributed by atoms with Gasteiger partial charge in [-0.25, -0.2) is 9.97 Å². The minimum atomic E-state index is -1.11. The lowest BCUT2D eigenvalue weighted by Crippen LogP contribution is -2.28. The highest BCUT2D eigenvalue weighted by Gasteiger charge is 2.23. The van der Waals surface area contributed by atoms with Gasteiger partial charge in [0, 0.05) is 36.0 Å². The van der Waals surface area contributed by atoms with Crippen molar-refractivity contribution in [1.29, 1.82) is 0 Å². The van der Waals surface area contributed by atoms with Crippen molar-refractivity contribution in [2.45, 2.75) is 13.0 Å². The van der Waals surface area contributed by atoms with Crippen molar-refractivity contribution in [3.63, 3.8) is 0 Å². The van der Waals surface area contributed by atoms with Crippen molar-refractivity contribution < 1.29 is 24.2 Å². The molecule has 1 amide bonds. The van der Waals surface area contributed by atoms with Crippen molar-refractivity contribution in [3.8, 4) is 17.0 Å². The molecule has 0 saturated carbocycles. The smallest absolute Gasteiger partial charge is 0.305 e. The van der Waals surface area contributed by atoms with E-state index in [1.54, 1.807) is 0 Å². The number of carbonyl (C=O) groups excluding carboxylic acids is 1. The number of nitrogens with zero attached hydrogens (tertiary/aromatic N) is 3. The van der Waals surface area contributed by atoms with E-state index in [1.165, 1.54) is 29.1 Å². The number of pyridine rings is 3. The summed E-state index contributed by atoms with van der Waals surface area (Å²) in [5.41, 5.74) is 0.142. The maximum Gasteiger partial charge on any atom is 0.305 e. The molecule has 9 nitrogen and oxygen atoms in total. The highest BCUT2D eigenvalue weighted by molar-refractivity contribution is 6.05. The Balaban J connectivity index is 1.90. The normalized spacial score (nSPS) is 10.9. The summed E-state index contributed by atoms with van der Waals surface area (Å²) in [6.45, 7) is 0.0587. The first-order chi connectivity index (χ1) is 16.3. The van der Waals surface area contributed by atoms with E-state index < -0.39 is 34.8 Å². The van der Waals surface area contributed by atoms with Crippen LogP contribution in [0.2, 0.25) is 0 Å². The minimum absolute atomic E-state index is 0.00335. The quantitative estimate of drug-likeness (QED) is 0.359. The number of aromatic nitrogens is 3. The fraction of sp³-hybridized carbons (Fsp3) is 0.125. The van der Waals surface area contributed by atoms with E-state index >= 15 is 0 Å². The van der Waals surface area contributed by atoms with Crippen LogP contribution in [-0.2, 0) is 11.3 Å². The number of halogens is 1.